The first-order chi connectivity index (χ1) is 10.8. The lowest BCUT2D eigenvalue weighted by Gasteiger charge is -2.22. The Balaban J connectivity index is 2.48. The topological polar surface area (TPSA) is 82.4 Å². The third-order valence-electron chi connectivity index (χ3n) is 3.00. The predicted molar refractivity (Wildman–Crippen MR) is 90.8 cm³/mol. The normalized spacial score (nSPS) is 11.8. The molecule has 0 spiro atoms. The second-order valence-electron chi connectivity index (χ2n) is 4.54. The molecule has 0 bridgehead atoms. The average molecular weight is 348 g/mol. The van der Waals surface area contributed by atoms with Crippen LogP contribution in [-0.2, 0) is 20.0 Å². The molecule has 23 heavy (non-hydrogen) atoms. The molecule has 0 aromatic heterocycles. The van der Waals surface area contributed by atoms with E-state index in [4.69, 9.17) is 0 Å². The van der Waals surface area contributed by atoms with Gasteiger partial charge in [0.1, 0.15) is 20.0 Å². The molecule has 0 fully saturated rings. The van der Waals surface area contributed by atoms with Gasteiger partial charge in [-0.3, -0.25) is 0 Å². The van der Waals surface area contributed by atoms with Crippen molar-refractivity contribution in [2.24, 2.45) is 0 Å². The van der Waals surface area contributed by atoms with Crippen molar-refractivity contribution in [3.05, 3.63) is 76.9 Å². The van der Waals surface area contributed by atoms with E-state index in [9.17, 15) is 16.8 Å². The minimum atomic E-state index is -4.40. The Kier molecular flexibility index (Phi) is 4.84. The molecule has 2 aromatic carbocycles. The summed E-state index contributed by atoms with van der Waals surface area (Å²) in [6.07, 6.45) is 2.87. The summed E-state index contributed by atoms with van der Waals surface area (Å²) in [6, 6.07) is 11.5. The fraction of sp³-hybridized carbons (Fsp3) is 0. The van der Waals surface area contributed by atoms with Gasteiger partial charge < -0.3 is 4.13 Å². The van der Waals surface area contributed by atoms with Crippen LogP contribution in [0.1, 0.15) is 11.1 Å². The van der Waals surface area contributed by atoms with Crippen molar-refractivity contribution < 1.29 is 16.8 Å². The van der Waals surface area contributed by atoms with Gasteiger partial charge in [0.2, 0.25) is 0 Å². The maximum Gasteiger partial charge on any atom is 0.113 e. The summed E-state index contributed by atoms with van der Waals surface area (Å²) >= 11 is 0. The van der Waals surface area contributed by atoms with E-state index >= 15 is 0 Å². The Labute approximate surface area is 136 Å². The molecule has 0 saturated carbocycles. The van der Waals surface area contributed by atoms with Crippen LogP contribution in [0.25, 0.3) is 16.3 Å². The zero-order valence-electron chi connectivity index (χ0n) is 12.1. The number of hydrogen-bond donors (Lipinski definition) is 0. The van der Waals surface area contributed by atoms with Gasteiger partial charge in [0, 0.05) is 4.90 Å². The Bertz CT molecular complexity index is 947. The van der Waals surface area contributed by atoms with Gasteiger partial charge in [0.15, 0.2) is 0 Å². The molecule has 0 aliphatic rings. The highest BCUT2D eigenvalue weighted by Gasteiger charge is 2.15. The van der Waals surface area contributed by atoms with Crippen molar-refractivity contribution in [2.45, 2.75) is 9.79 Å². The van der Waals surface area contributed by atoms with Crippen molar-refractivity contribution in [3.63, 3.8) is 0 Å². The fourth-order valence-electron chi connectivity index (χ4n) is 1.89. The molecule has 2 rings (SSSR count). The zero-order chi connectivity index (χ0) is 17.1. The van der Waals surface area contributed by atoms with Gasteiger partial charge in [-0.1, -0.05) is 49.6 Å². The van der Waals surface area contributed by atoms with Crippen molar-refractivity contribution in [1.29, 1.82) is 0 Å². The fourth-order valence-corrected chi connectivity index (χ4v) is 4.77. The van der Waals surface area contributed by atoms with Gasteiger partial charge in [-0.05, 0) is 35.4 Å². The monoisotopic (exact) mass is 348 g/mol. The van der Waals surface area contributed by atoms with Gasteiger partial charge in [-0.15, -0.1) is 0 Å². The second-order valence-corrected chi connectivity index (χ2v) is 7.95. The standard InChI is InChI=1S/C16H14NO4S2/c1-3-13-10-11-16(14(4-2)12-13)23(20,21)17-22(18,19)15-8-6-5-7-9-15/h3-12H,1-2H2/q-1. The summed E-state index contributed by atoms with van der Waals surface area (Å²) in [5.41, 5.74) is 0.944. The Morgan fingerprint density at radius 2 is 1.48 bits per heavy atom. The molecule has 0 aliphatic carbocycles. The summed E-state index contributed by atoms with van der Waals surface area (Å²) < 4.78 is 52.2. The molecule has 0 aliphatic heterocycles. The van der Waals surface area contributed by atoms with Crippen LogP contribution in [0.2, 0.25) is 0 Å². The maximum absolute atomic E-state index is 12.4. The van der Waals surface area contributed by atoms with Gasteiger partial charge in [-0.25, -0.2) is 16.8 Å². The molecule has 120 valence electrons. The van der Waals surface area contributed by atoms with E-state index in [1.54, 1.807) is 12.1 Å². The average Bonchev–Trinajstić information content (AvgIpc) is 2.54. The Morgan fingerprint density at radius 3 is 2.04 bits per heavy atom. The first-order valence-electron chi connectivity index (χ1n) is 6.48. The molecular weight excluding hydrogens is 334 g/mol. The number of hydrogen-bond acceptors (Lipinski definition) is 4. The molecule has 0 unspecified atom stereocenters. The highest BCUT2D eigenvalue weighted by Crippen LogP contribution is 2.29. The lowest BCUT2D eigenvalue weighted by Crippen LogP contribution is -2.09. The van der Waals surface area contributed by atoms with Crippen molar-refractivity contribution in [1.82, 2.24) is 0 Å². The lowest BCUT2D eigenvalue weighted by molar-refractivity contribution is 0.595. The third kappa shape index (κ3) is 3.76. The smallest absolute Gasteiger partial charge is 0.113 e. The van der Waals surface area contributed by atoms with Gasteiger partial charge >= 0.3 is 0 Å². The van der Waals surface area contributed by atoms with Crippen molar-refractivity contribution in [2.75, 3.05) is 0 Å². The van der Waals surface area contributed by atoms with E-state index in [0.717, 1.165) is 0 Å². The van der Waals surface area contributed by atoms with Crippen LogP contribution in [0.15, 0.2) is 71.5 Å². The molecule has 0 saturated heterocycles. The first-order valence-corrected chi connectivity index (χ1v) is 9.36. The van der Waals surface area contributed by atoms with Gasteiger partial charge in [0.05, 0.1) is 4.90 Å². The van der Waals surface area contributed by atoms with Gasteiger partial charge in [0.25, 0.3) is 0 Å². The van der Waals surface area contributed by atoms with E-state index in [1.165, 1.54) is 48.5 Å². The lowest BCUT2D eigenvalue weighted by atomic mass is 10.1. The summed E-state index contributed by atoms with van der Waals surface area (Å²) in [6.45, 7) is 7.14. The van der Waals surface area contributed by atoms with Crippen LogP contribution in [0.3, 0.4) is 0 Å². The van der Waals surface area contributed by atoms with Crippen LogP contribution in [-0.4, -0.2) is 16.8 Å². The first kappa shape index (κ1) is 17.1. The number of nitrogens with zero attached hydrogens (tertiary/aromatic N) is 1. The largest absolute Gasteiger partial charge is 0.428 e. The maximum atomic E-state index is 12.4. The SMILES string of the molecule is C=Cc1ccc(S(=O)(=O)[N-]S(=O)(=O)c2ccccc2)c(C=C)c1. The number of rotatable bonds is 6. The minimum Gasteiger partial charge on any atom is -0.428 e. The second kappa shape index (κ2) is 6.49. The van der Waals surface area contributed by atoms with Crippen molar-refractivity contribution in [3.8, 4) is 0 Å². The third-order valence-corrected chi connectivity index (χ3v) is 6.37. The number of benzene rings is 2. The van der Waals surface area contributed by atoms with E-state index < -0.39 is 20.0 Å². The van der Waals surface area contributed by atoms with Gasteiger partial charge in [-0.2, -0.15) is 0 Å². The van der Waals surface area contributed by atoms with E-state index in [0.29, 0.717) is 5.56 Å². The molecule has 5 nitrogen and oxygen atoms in total. The van der Waals surface area contributed by atoms with Crippen LogP contribution < -0.4 is 0 Å². The molecule has 0 radical (unpaired) electrons. The number of sulfonamides is 2. The van der Waals surface area contributed by atoms with Crippen LogP contribution in [0.4, 0.5) is 0 Å². The van der Waals surface area contributed by atoms with E-state index in [-0.39, 0.29) is 15.4 Å². The highest BCUT2D eigenvalue weighted by atomic mass is 32.3. The molecule has 0 atom stereocenters. The molecule has 0 heterocycles. The summed E-state index contributed by atoms with van der Waals surface area (Å²) in [5, 5.41) is 0. The summed E-state index contributed by atoms with van der Waals surface area (Å²) in [7, 11) is -8.73. The molecule has 2 aromatic rings. The highest BCUT2D eigenvalue weighted by molar-refractivity contribution is 8.12. The zero-order valence-corrected chi connectivity index (χ0v) is 13.7. The van der Waals surface area contributed by atoms with Crippen LogP contribution in [0.5, 0.6) is 0 Å². The Morgan fingerprint density at radius 1 is 0.826 bits per heavy atom. The van der Waals surface area contributed by atoms with Crippen molar-refractivity contribution >= 4 is 32.2 Å². The quantitative estimate of drug-likeness (QED) is 0.801. The van der Waals surface area contributed by atoms with E-state index in [2.05, 4.69) is 17.3 Å². The molecule has 7 heteroatoms. The molecule has 0 N–H and O–H groups in total. The molecule has 0 amide bonds. The van der Waals surface area contributed by atoms with Crippen LogP contribution >= 0.6 is 0 Å². The van der Waals surface area contributed by atoms with Crippen LogP contribution in [0, 0.1) is 0 Å². The summed E-state index contributed by atoms with van der Waals surface area (Å²) in [4.78, 5) is -0.413. The molecular formula is C16H14NO4S2-. The Hall–Kier alpha value is -2.22. The minimum absolute atomic E-state index is 0.188. The van der Waals surface area contributed by atoms with E-state index in [1.807, 2.05) is 0 Å². The predicted octanol–water partition coefficient (Wildman–Crippen LogP) is 3.42. The summed E-state index contributed by atoms with van der Waals surface area (Å²) in [5.74, 6) is 0.